The maximum absolute atomic E-state index is 11.7. The van der Waals surface area contributed by atoms with E-state index < -0.39 is 0 Å². The number of rotatable bonds is 0. The lowest BCUT2D eigenvalue weighted by molar-refractivity contribution is -0.130. The van der Waals surface area contributed by atoms with E-state index >= 15 is 0 Å². The number of thioether (sulfide) groups is 1. The third-order valence-electron chi connectivity index (χ3n) is 4.02. The van der Waals surface area contributed by atoms with Gasteiger partial charge < -0.3 is 10.2 Å². The number of hydrogen-bond acceptors (Lipinski definition) is 3. The molecule has 1 amide bonds. The van der Waals surface area contributed by atoms with Crippen LogP contribution in [0.15, 0.2) is 0 Å². The highest BCUT2D eigenvalue weighted by Gasteiger charge is 2.49. The molecule has 15 heavy (non-hydrogen) atoms. The molecule has 3 rings (SSSR count). The molecule has 1 spiro atoms. The summed E-state index contributed by atoms with van der Waals surface area (Å²) in [5.41, 5.74) is 0.257. The number of amides is 1. The lowest BCUT2D eigenvalue weighted by Crippen LogP contribution is -2.65. The summed E-state index contributed by atoms with van der Waals surface area (Å²) in [5, 5.41) is 4.14. The van der Waals surface area contributed by atoms with Crippen LogP contribution in [-0.2, 0) is 4.79 Å². The van der Waals surface area contributed by atoms with Gasteiger partial charge in [-0.2, -0.15) is 0 Å². The maximum Gasteiger partial charge on any atom is 0.233 e. The summed E-state index contributed by atoms with van der Waals surface area (Å²) in [4.78, 5) is 13.8. The first kappa shape index (κ1) is 9.97. The number of hydrogen-bond donors (Lipinski definition) is 1. The van der Waals surface area contributed by atoms with Crippen LogP contribution in [0.5, 0.6) is 0 Å². The molecule has 2 saturated heterocycles. The molecule has 0 unspecified atom stereocenters. The van der Waals surface area contributed by atoms with Crippen molar-refractivity contribution in [2.24, 2.45) is 0 Å². The van der Waals surface area contributed by atoms with Crippen LogP contribution in [0.1, 0.15) is 32.1 Å². The van der Waals surface area contributed by atoms with Crippen molar-refractivity contribution in [1.82, 2.24) is 10.2 Å². The van der Waals surface area contributed by atoms with Crippen LogP contribution in [0, 0.1) is 0 Å². The third-order valence-corrected chi connectivity index (χ3v) is 5.45. The Labute approximate surface area is 95.0 Å². The van der Waals surface area contributed by atoms with E-state index in [9.17, 15) is 4.79 Å². The molecule has 1 N–H and O–H groups in total. The lowest BCUT2D eigenvalue weighted by Gasteiger charge is -2.49. The summed E-state index contributed by atoms with van der Waals surface area (Å²) in [6, 6.07) is 0. The molecule has 0 aromatic rings. The molecular formula is C11H18N2OS. The van der Waals surface area contributed by atoms with Crippen molar-refractivity contribution in [2.75, 3.05) is 18.8 Å². The Balaban J connectivity index is 1.85. The molecule has 0 aromatic carbocycles. The molecule has 1 atom stereocenters. The highest BCUT2D eigenvalue weighted by Crippen LogP contribution is 2.42. The number of piperazine rings is 1. The molecule has 3 nitrogen and oxygen atoms in total. The van der Waals surface area contributed by atoms with Gasteiger partial charge in [0, 0.05) is 18.6 Å². The Bertz CT molecular complexity index is 270. The van der Waals surface area contributed by atoms with E-state index in [2.05, 4.69) is 10.2 Å². The lowest BCUT2D eigenvalue weighted by atomic mass is 9.80. The summed E-state index contributed by atoms with van der Waals surface area (Å²) in [6.45, 7) is 1.90. The van der Waals surface area contributed by atoms with Gasteiger partial charge in [-0.15, -0.1) is 11.8 Å². The van der Waals surface area contributed by atoms with E-state index in [1.54, 1.807) is 0 Å². The van der Waals surface area contributed by atoms with Gasteiger partial charge >= 0.3 is 0 Å². The van der Waals surface area contributed by atoms with E-state index in [-0.39, 0.29) is 5.54 Å². The van der Waals surface area contributed by atoms with Gasteiger partial charge in [-0.1, -0.05) is 19.3 Å². The summed E-state index contributed by atoms with van der Waals surface area (Å²) < 4.78 is 0. The van der Waals surface area contributed by atoms with Gasteiger partial charge in [0.2, 0.25) is 5.91 Å². The minimum Gasteiger partial charge on any atom is -0.327 e. The largest absolute Gasteiger partial charge is 0.327 e. The standard InChI is InChI=1S/C11H18N2OS/c14-9-8-15-10-11(4-2-1-3-5-11)12-6-7-13(9)10/h10,12H,1-8H2/t10-/m1/s1. The van der Waals surface area contributed by atoms with Gasteiger partial charge in [-0.05, 0) is 12.8 Å². The van der Waals surface area contributed by atoms with Gasteiger partial charge in [0.05, 0.1) is 11.1 Å². The molecule has 1 saturated carbocycles. The molecule has 84 valence electrons. The molecule has 2 aliphatic heterocycles. The van der Waals surface area contributed by atoms with Crippen LogP contribution in [0.25, 0.3) is 0 Å². The Hall–Kier alpha value is -0.220. The fourth-order valence-electron chi connectivity index (χ4n) is 3.27. The zero-order valence-corrected chi connectivity index (χ0v) is 9.81. The summed E-state index contributed by atoms with van der Waals surface area (Å²) in [6.07, 6.45) is 6.54. The maximum atomic E-state index is 11.7. The minimum atomic E-state index is 0.257. The number of carbonyl (C=O) groups is 1. The average Bonchev–Trinajstić information content (AvgIpc) is 2.64. The third kappa shape index (κ3) is 1.49. The number of carbonyl (C=O) groups excluding carboxylic acids is 1. The normalized spacial score (nSPS) is 34.5. The predicted octanol–water partition coefficient (Wildman–Crippen LogP) is 1.19. The fraction of sp³-hybridized carbons (Fsp3) is 0.909. The van der Waals surface area contributed by atoms with Crippen LogP contribution >= 0.6 is 11.8 Å². The van der Waals surface area contributed by atoms with Crippen molar-refractivity contribution in [3.63, 3.8) is 0 Å². The van der Waals surface area contributed by atoms with Crippen molar-refractivity contribution >= 4 is 17.7 Å². The van der Waals surface area contributed by atoms with E-state index in [0.717, 1.165) is 13.1 Å². The first-order valence-corrected chi connectivity index (χ1v) is 7.03. The van der Waals surface area contributed by atoms with E-state index in [1.165, 1.54) is 32.1 Å². The van der Waals surface area contributed by atoms with Crippen LogP contribution in [0.3, 0.4) is 0 Å². The van der Waals surface area contributed by atoms with Gasteiger partial charge in [0.25, 0.3) is 0 Å². The summed E-state index contributed by atoms with van der Waals surface area (Å²) >= 11 is 1.85. The van der Waals surface area contributed by atoms with Crippen molar-refractivity contribution < 1.29 is 4.79 Å². The quantitative estimate of drug-likeness (QED) is 0.673. The van der Waals surface area contributed by atoms with Crippen molar-refractivity contribution in [3.05, 3.63) is 0 Å². The molecule has 0 radical (unpaired) electrons. The number of nitrogens with zero attached hydrogens (tertiary/aromatic N) is 1. The topological polar surface area (TPSA) is 32.3 Å². The van der Waals surface area contributed by atoms with Crippen LogP contribution in [0.2, 0.25) is 0 Å². The molecule has 3 aliphatic rings. The minimum absolute atomic E-state index is 0.257. The molecule has 3 fully saturated rings. The molecular weight excluding hydrogens is 208 g/mol. The number of nitrogens with one attached hydrogen (secondary N) is 1. The van der Waals surface area contributed by atoms with Crippen molar-refractivity contribution in [1.29, 1.82) is 0 Å². The Morgan fingerprint density at radius 3 is 2.93 bits per heavy atom. The first-order chi connectivity index (χ1) is 7.32. The fourth-order valence-corrected chi connectivity index (χ4v) is 4.78. The van der Waals surface area contributed by atoms with Crippen molar-refractivity contribution in [2.45, 2.75) is 43.0 Å². The van der Waals surface area contributed by atoms with E-state index in [1.807, 2.05) is 11.8 Å². The second-order valence-electron chi connectivity index (χ2n) is 4.89. The smallest absolute Gasteiger partial charge is 0.233 e. The molecule has 1 aliphatic carbocycles. The second-order valence-corrected chi connectivity index (χ2v) is 5.96. The highest BCUT2D eigenvalue weighted by atomic mass is 32.2. The predicted molar refractivity (Wildman–Crippen MR) is 61.8 cm³/mol. The zero-order valence-electron chi connectivity index (χ0n) is 9.00. The molecule has 0 aromatic heterocycles. The van der Waals surface area contributed by atoms with Gasteiger partial charge in [-0.25, -0.2) is 0 Å². The number of fused-ring (bicyclic) bond motifs is 2. The Morgan fingerprint density at radius 1 is 1.33 bits per heavy atom. The van der Waals surface area contributed by atoms with E-state index in [4.69, 9.17) is 0 Å². The van der Waals surface area contributed by atoms with Crippen LogP contribution < -0.4 is 5.32 Å². The van der Waals surface area contributed by atoms with Crippen molar-refractivity contribution in [3.8, 4) is 0 Å². The first-order valence-electron chi connectivity index (χ1n) is 5.98. The molecule has 0 bridgehead atoms. The summed E-state index contributed by atoms with van der Waals surface area (Å²) in [5.74, 6) is 1.06. The van der Waals surface area contributed by atoms with Crippen LogP contribution in [0.4, 0.5) is 0 Å². The highest BCUT2D eigenvalue weighted by molar-refractivity contribution is 8.01. The monoisotopic (exact) mass is 226 g/mol. The molecule has 4 heteroatoms. The zero-order chi connectivity index (χ0) is 10.3. The van der Waals surface area contributed by atoms with Gasteiger partial charge in [0.15, 0.2) is 0 Å². The van der Waals surface area contributed by atoms with Gasteiger partial charge in [-0.3, -0.25) is 4.79 Å². The Morgan fingerprint density at radius 2 is 2.13 bits per heavy atom. The average molecular weight is 226 g/mol. The summed E-state index contributed by atoms with van der Waals surface area (Å²) in [7, 11) is 0. The van der Waals surface area contributed by atoms with Crippen LogP contribution in [-0.4, -0.2) is 40.6 Å². The van der Waals surface area contributed by atoms with Gasteiger partial charge in [0.1, 0.15) is 0 Å². The molecule has 2 heterocycles. The Kier molecular flexibility index (Phi) is 2.44. The SMILES string of the molecule is O=C1CS[C@H]2N1CCNC21CCCCC1. The second kappa shape index (κ2) is 3.67. The van der Waals surface area contributed by atoms with E-state index in [0.29, 0.717) is 17.0 Å².